The molecular weight excluding hydrogens is 691 g/mol. The molecule has 0 bridgehead atoms. The number of hydrogen-bond donors (Lipinski definition) is 0. The summed E-state index contributed by atoms with van der Waals surface area (Å²) in [6.45, 7) is 0. The van der Waals surface area contributed by atoms with Crippen LogP contribution in [-0.2, 0) is 5.41 Å². The van der Waals surface area contributed by atoms with Gasteiger partial charge in [-0.15, -0.1) is 0 Å². The average Bonchev–Trinajstić information content (AvgIpc) is 3.91. The highest BCUT2D eigenvalue weighted by Gasteiger charge is 2.52. The molecule has 1 atom stereocenters. The van der Waals surface area contributed by atoms with Gasteiger partial charge in [0, 0.05) is 33.4 Å². The van der Waals surface area contributed by atoms with Gasteiger partial charge in [-0.05, 0) is 117 Å². The minimum Gasteiger partial charge on any atom is -0.455 e. The Balaban J connectivity index is 1.03. The van der Waals surface area contributed by atoms with Crippen LogP contribution in [0.4, 0.5) is 17.1 Å². The monoisotopic (exact) mass is 727 g/mol. The molecule has 57 heavy (non-hydrogen) atoms. The van der Waals surface area contributed by atoms with Gasteiger partial charge in [0.2, 0.25) is 0 Å². The van der Waals surface area contributed by atoms with Gasteiger partial charge in [-0.2, -0.15) is 0 Å². The van der Waals surface area contributed by atoms with Crippen LogP contribution >= 0.6 is 0 Å². The summed E-state index contributed by atoms with van der Waals surface area (Å²) in [6.07, 6.45) is 8.87. The van der Waals surface area contributed by atoms with Crippen molar-refractivity contribution < 1.29 is 4.42 Å². The molecule has 0 N–H and O–H groups in total. The van der Waals surface area contributed by atoms with Gasteiger partial charge in [0.25, 0.3) is 0 Å². The Bertz CT molecular complexity index is 3110. The molecule has 1 heterocycles. The van der Waals surface area contributed by atoms with Crippen LogP contribution in [0.5, 0.6) is 0 Å². The van der Waals surface area contributed by atoms with Crippen molar-refractivity contribution in [1.82, 2.24) is 0 Å². The Morgan fingerprint density at radius 2 is 1.09 bits per heavy atom. The molecule has 12 rings (SSSR count). The van der Waals surface area contributed by atoms with E-state index in [4.69, 9.17) is 4.42 Å². The second-order valence-corrected chi connectivity index (χ2v) is 15.5. The summed E-state index contributed by atoms with van der Waals surface area (Å²) in [7, 11) is 0. The van der Waals surface area contributed by atoms with Gasteiger partial charge in [-0.1, -0.05) is 158 Å². The molecule has 0 aliphatic heterocycles. The lowest BCUT2D eigenvalue weighted by Gasteiger charge is -2.32. The molecule has 268 valence electrons. The molecule has 0 radical (unpaired) electrons. The smallest absolute Gasteiger partial charge is 0.143 e. The van der Waals surface area contributed by atoms with Crippen molar-refractivity contribution in [3.63, 3.8) is 0 Å². The van der Waals surface area contributed by atoms with E-state index in [-0.39, 0.29) is 0 Å². The highest BCUT2D eigenvalue weighted by Crippen LogP contribution is 2.64. The first kappa shape index (κ1) is 32.1. The first-order chi connectivity index (χ1) is 28.3. The van der Waals surface area contributed by atoms with Gasteiger partial charge in [-0.25, -0.2) is 0 Å². The summed E-state index contributed by atoms with van der Waals surface area (Å²) in [5.74, 6) is 0. The topological polar surface area (TPSA) is 16.4 Å². The van der Waals surface area contributed by atoms with Crippen LogP contribution in [0.2, 0.25) is 0 Å². The standard InChI is InChI=1S/C55H37NO/c1-3-13-36(14-4-1)37-23-25-38(26-24-37)39-27-29-41(30-28-39)56(40-15-5-2-6-16-40)42-31-32-44-43-17-7-10-20-48(43)55(51(44)35-42)49-21-11-8-19-47(49)53-50(55)34-33-46-45-18-9-12-22-52(45)57-54(46)53/h1-3,5-13,15-35H,4,14H2. The molecule has 8 aromatic carbocycles. The third-order valence-electron chi connectivity index (χ3n) is 12.6. The van der Waals surface area contributed by atoms with E-state index < -0.39 is 5.41 Å². The third-order valence-corrected chi connectivity index (χ3v) is 12.6. The van der Waals surface area contributed by atoms with Crippen molar-refractivity contribution in [2.24, 2.45) is 0 Å². The van der Waals surface area contributed by atoms with Crippen LogP contribution in [-0.4, -0.2) is 0 Å². The van der Waals surface area contributed by atoms with Gasteiger partial charge in [-0.3, -0.25) is 0 Å². The van der Waals surface area contributed by atoms with Crippen molar-refractivity contribution in [3.05, 3.63) is 228 Å². The van der Waals surface area contributed by atoms with Crippen LogP contribution in [0, 0.1) is 0 Å². The molecule has 9 aromatic rings. The number of nitrogens with zero attached hydrogens (tertiary/aromatic N) is 1. The van der Waals surface area contributed by atoms with E-state index in [0.29, 0.717) is 0 Å². The van der Waals surface area contributed by atoms with Crippen LogP contribution in [0.15, 0.2) is 205 Å². The SMILES string of the molecule is C1=CCCC(c2ccc(-c3ccc(N(c4ccccc4)c4ccc5c(c4)C4(c6ccccc6-5)c5ccccc5-c5c4ccc4c5oc5ccccc54)cc3)cc2)=C1. The molecule has 0 fully saturated rings. The first-order valence-electron chi connectivity index (χ1n) is 20.0. The van der Waals surface area contributed by atoms with Crippen molar-refractivity contribution >= 4 is 44.6 Å². The summed E-state index contributed by atoms with van der Waals surface area (Å²) >= 11 is 0. The maximum absolute atomic E-state index is 6.77. The summed E-state index contributed by atoms with van der Waals surface area (Å²) in [5.41, 5.74) is 20.0. The fourth-order valence-electron chi connectivity index (χ4n) is 10.1. The second kappa shape index (κ2) is 12.4. The van der Waals surface area contributed by atoms with Crippen LogP contribution < -0.4 is 4.90 Å². The third kappa shape index (κ3) is 4.65. The quantitative estimate of drug-likeness (QED) is 0.175. The molecular formula is C55H37NO. The molecule has 3 aliphatic carbocycles. The van der Waals surface area contributed by atoms with Gasteiger partial charge in [0.1, 0.15) is 11.2 Å². The van der Waals surface area contributed by atoms with E-state index in [9.17, 15) is 0 Å². The number of benzene rings is 8. The van der Waals surface area contributed by atoms with Crippen molar-refractivity contribution in [1.29, 1.82) is 0 Å². The lowest BCUT2D eigenvalue weighted by molar-refractivity contribution is 0.669. The largest absolute Gasteiger partial charge is 0.455 e. The zero-order valence-corrected chi connectivity index (χ0v) is 31.3. The number of para-hydroxylation sites is 2. The molecule has 0 amide bonds. The van der Waals surface area contributed by atoms with Gasteiger partial charge >= 0.3 is 0 Å². The normalized spacial score (nSPS) is 16.0. The zero-order valence-electron chi connectivity index (χ0n) is 31.3. The van der Waals surface area contributed by atoms with Crippen molar-refractivity contribution in [2.75, 3.05) is 4.90 Å². The summed E-state index contributed by atoms with van der Waals surface area (Å²) in [5, 5.41) is 2.31. The van der Waals surface area contributed by atoms with Crippen LogP contribution in [0.1, 0.15) is 40.7 Å². The number of furan rings is 1. The molecule has 2 heteroatoms. The van der Waals surface area contributed by atoms with E-state index >= 15 is 0 Å². The number of hydrogen-bond acceptors (Lipinski definition) is 2. The minimum absolute atomic E-state index is 0.511. The highest BCUT2D eigenvalue weighted by molar-refractivity contribution is 6.13. The fourth-order valence-corrected chi connectivity index (χ4v) is 10.1. The first-order valence-corrected chi connectivity index (χ1v) is 20.0. The highest BCUT2D eigenvalue weighted by atomic mass is 16.3. The van der Waals surface area contributed by atoms with E-state index in [1.165, 1.54) is 66.8 Å². The van der Waals surface area contributed by atoms with Crippen LogP contribution in [0.25, 0.3) is 60.9 Å². The Kier molecular flexibility index (Phi) is 7.00. The predicted molar refractivity (Wildman–Crippen MR) is 236 cm³/mol. The number of fused-ring (bicyclic) bond motifs is 14. The van der Waals surface area contributed by atoms with E-state index in [0.717, 1.165) is 51.8 Å². The average molecular weight is 728 g/mol. The Morgan fingerprint density at radius 1 is 0.456 bits per heavy atom. The molecule has 2 nitrogen and oxygen atoms in total. The van der Waals surface area contributed by atoms with Crippen LogP contribution in [0.3, 0.4) is 0 Å². The van der Waals surface area contributed by atoms with Crippen molar-refractivity contribution in [2.45, 2.75) is 18.3 Å². The molecule has 1 spiro atoms. The molecule has 0 saturated heterocycles. The molecule has 1 unspecified atom stereocenters. The maximum atomic E-state index is 6.77. The summed E-state index contributed by atoms with van der Waals surface area (Å²) < 4.78 is 6.77. The lowest BCUT2D eigenvalue weighted by atomic mass is 9.70. The fraction of sp³-hybridized carbons (Fsp3) is 0.0545. The number of rotatable bonds is 5. The lowest BCUT2D eigenvalue weighted by Crippen LogP contribution is -2.26. The predicted octanol–water partition coefficient (Wildman–Crippen LogP) is 14.8. The Morgan fingerprint density at radius 3 is 1.88 bits per heavy atom. The maximum Gasteiger partial charge on any atom is 0.143 e. The zero-order chi connectivity index (χ0) is 37.5. The van der Waals surface area contributed by atoms with Gasteiger partial charge < -0.3 is 9.32 Å². The van der Waals surface area contributed by atoms with E-state index in [1.54, 1.807) is 0 Å². The van der Waals surface area contributed by atoms with Crippen molar-refractivity contribution in [3.8, 4) is 33.4 Å². The Hall–Kier alpha value is -7.16. The van der Waals surface area contributed by atoms with E-state index in [1.807, 2.05) is 0 Å². The molecule has 1 aromatic heterocycles. The molecule has 3 aliphatic rings. The number of anilines is 3. The summed E-state index contributed by atoms with van der Waals surface area (Å²) in [4.78, 5) is 2.40. The van der Waals surface area contributed by atoms with Gasteiger partial charge in [0.15, 0.2) is 0 Å². The second-order valence-electron chi connectivity index (χ2n) is 15.5. The Labute approximate surface area is 332 Å². The van der Waals surface area contributed by atoms with Gasteiger partial charge in [0.05, 0.1) is 5.41 Å². The van der Waals surface area contributed by atoms with E-state index in [2.05, 4.69) is 205 Å². The summed E-state index contributed by atoms with van der Waals surface area (Å²) in [6, 6.07) is 67.0. The number of allylic oxidation sites excluding steroid dienone is 4. The minimum atomic E-state index is -0.511. The molecule has 0 saturated carbocycles.